The first kappa shape index (κ1) is 13.3. The molecule has 1 aromatic carbocycles. The van der Waals surface area contributed by atoms with E-state index in [9.17, 15) is 4.79 Å². The van der Waals surface area contributed by atoms with Gasteiger partial charge in [-0.1, -0.05) is 22.9 Å². The molecule has 2 aromatic rings. The van der Waals surface area contributed by atoms with E-state index in [-0.39, 0.29) is 6.10 Å². The van der Waals surface area contributed by atoms with Gasteiger partial charge in [0, 0.05) is 11.6 Å². The monoisotopic (exact) mass is 291 g/mol. The molecule has 1 aromatic heterocycles. The summed E-state index contributed by atoms with van der Waals surface area (Å²) in [6, 6.07) is 5.56. The third kappa shape index (κ3) is 2.23. The molecule has 2 heterocycles. The van der Waals surface area contributed by atoms with Crippen LogP contribution in [0.15, 0.2) is 18.2 Å². The second kappa shape index (κ2) is 5.34. The number of aromatic nitrogens is 3. The van der Waals surface area contributed by atoms with Crippen molar-refractivity contribution in [1.82, 2.24) is 15.0 Å². The highest BCUT2D eigenvalue weighted by molar-refractivity contribution is 6.30. The van der Waals surface area contributed by atoms with Crippen LogP contribution in [-0.2, 0) is 4.74 Å². The predicted octanol–water partition coefficient (Wildman–Crippen LogP) is 2.89. The summed E-state index contributed by atoms with van der Waals surface area (Å²) in [7, 11) is 0. The molecule has 1 aliphatic rings. The number of hydrogen-bond donors (Lipinski definition) is 0. The van der Waals surface area contributed by atoms with Crippen molar-refractivity contribution in [1.29, 1.82) is 0 Å². The van der Waals surface area contributed by atoms with E-state index < -0.39 is 0 Å². The number of aldehydes is 1. The number of halogens is 1. The van der Waals surface area contributed by atoms with Gasteiger partial charge in [-0.2, -0.15) is 0 Å². The molecule has 1 atom stereocenters. The van der Waals surface area contributed by atoms with Crippen LogP contribution in [0.1, 0.15) is 40.7 Å². The molecule has 1 unspecified atom stereocenters. The van der Waals surface area contributed by atoms with Crippen molar-refractivity contribution in [2.45, 2.75) is 25.9 Å². The number of carbonyl (C=O) groups excluding carboxylic acids is 1. The van der Waals surface area contributed by atoms with Crippen LogP contribution in [0, 0.1) is 6.92 Å². The van der Waals surface area contributed by atoms with Gasteiger partial charge in [0.15, 0.2) is 12.0 Å². The number of nitrogens with zero attached hydrogens (tertiary/aromatic N) is 3. The molecule has 0 saturated carbocycles. The van der Waals surface area contributed by atoms with Crippen LogP contribution in [-0.4, -0.2) is 27.9 Å². The number of carbonyl (C=O) groups is 1. The molecule has 0 aliphatic carbocycles. The fraction of sp³-hybridized carbons (Fsp3) is 0.357. The molecule has 3 rings (SSSR count). The summed E-state index contributed by atoms with van der Waals surface area (Å²) >= 11 is 6.06. The van der Waals surface area contributed by atoms with E-state index in [1.165, 1.54) is 0 Å². The summed E-state index contributed by atoms with van der Waals surface area (Å²) < 4.78 is 7.35. The van der Waals surface area contributed by atoms with E-state index in [2.05, 4.69) is 10.3 Å². The molecule has 0 spiro atoms. The van der Waals surface area contributed by atoms with Crippen LogP contribution < -0.4 is 0 Å². The zero-order valence-electron chi connectivity index (χ0n) is 11.0. The summed E-state index contributed by atoms with van der Waals surface area (Å²) in [5, 5.41) is 8.67. The van der Waals surface area contributed by atoms with Crippen LogP contribution in [0.2, 0.25) is 5.02 Å². The molecule has 0 amide bonds. The Labute approximate surface area is 121 Å². The van der Waals surface area contributed by atoms with E-state index in [0.29, 0.717) is 23.0 Å². The highest BCUT2D eigenvalue weighted by Crippen LogP contribution is 2.32. The number of ether oxygens (including phenoxy) is 1. The fourth-order valence-corrected chi connectivity index (χ4v) is 2.63. The van der Waals surface area contributed by atoms with E-state index in [0.717, 1.165) is 30.4 Å². The lowest BCUT2D eigenvalue weighted by Gasteiger charge is -2.14. The minimum Gasteiger partial charge on any atom is -0.372 e. The maximum absolute atomic E-state index is 11.2. The Morgan fingerprint density at radius 1 is 1.50 bits per heavy atom. The lowest BCUT2D eigenvalue weighted by atomic mass is 10.1. The maximum atomic E-state index is 11.2. The molecule has 6 heteroatoms. The molecule has 1 fully saturated rings. The summed E-state index contributed by atoms with van der Waals surface area (Å²) in [6.45, 7) is 2.66. The first-order valence-corrected chi connectivity index (χ1v) is 6.87. The highest BCUT2D eigenvalue weighted by Gasteiger charge is 2.27. The van der Waals surface area contributed by atoms with Gasteiger partial charge in [0.2, 0.25) is 0 Å². The Balaban J connectivity index is 2.15. The van der Waals surface area contributed by atoms with E-state index in [1.807, 2.05) is 25.1 Å². The fourth-order valence-electron chi connectivity index (χ4n) is 2.47. The third-order valence-electron chi connectivity index (χ3n) is 3.48. The molecular weight excluding hydrogens is 278 g/mol. The van der Waals surface area contributed by atoms with Crippen LogP contribution in [0.5, 0.6) is 0 Å². The Morgan fingerprint density at radius 3 is 3.05 bits per heavy atom. The van der Waals surface area contributed by atoms with Gasteiger partial charge in [0.1, 0.15) is 11.8 Å². The Morgan fingerprint density at radius 2 is 2.35 bits per heavy atom. The van der Waals surface area contributed by atoms with Gasteiger partial charge in [-0.3, -0.25) is 4.79 Å². The third-order valence-corrected chi connectivity index (χ3v) is 3.71. The molecule has 0 N–H and O–H groups in total. The molecule has 1 saturated heterocycles. The SMILES string of the molecule is Cc1ccc(Cl)cc1-n1nnc(C=O)c1C1CCCO1. The van der Waals surface area contributed by atoms with Crippen molar-refractivity contribution in [3.8, 4) is 5.69 Å². The summed E-state index contributed by atoms with van der Waals surface area (Å²) in [4.78, 5) is 11.2. The average molecular weight is 292 g/mol. The second-order valence-corrected chi connectivity index (χ2v) is 5.26. The van der Waals surface area contributed by atoms with E-state index in [1.54, 1.807) is 4.68 Å². The van der Waals surface area contributed by atoms with Gasteiger partial charge in [-0.05, 0) is 37.5 Å². The average Bonchev–Trinajstić information content (AvgIpc) is 3.08. The first-order chi connectivity index (χ1) is 9.70. The van der Waals surface area contributed by atoms with Crippen LogP contribution in [0.25, 0.3) is 5.69 Å². The maximum Gasteiger partial charge on any atom is 0.172 e. The van der Waals surface area contributed by atoms with Gasteiger partial charge in [-0.25, -0.2) is 4.68 Å². The molecule has 5 nitrogen and oxygen atoms in total. The first-order valence-electron chi connectivity index (χ1n) is 6.49. The van der Waals surface area contributed by atoms with Gasteiger partial charge in [0.25, 0.3) is 0 Å². The van der Waals surface area contributed by atoms with Crippen molar-refractivity contribution >= 4 is 17.9 Å². The largest absolute Gasteiger partial charge is 0.372 e. The van der Waals surface area contributed by atoms with Crippen molar-refractivity contribution in [3.63, 3.8) is 0 Å². The quantitative estimate of drug-likeness (QED) is 0.816. The van der Waals surface area contributed by atoms with Crippen molar-refractivity contribution < 1.29 is 9.53 Å². The topological polar surface area (TPSA) is 57.0 Å². The molecule has 0 bridgehead atoms. The predicted molar refractivity (Wildman–Crippen MR) is 74.4 cm³/mol. The Kier molecular flexibility index (Phi) is 3.54. The van der Waals surface area contributed by atoms with Crippen molar-refractivity contribution in [3.05, 3.63) is 40.2 Å². The summed E-state index contributed by atoms with van der Waals surface area (Å²) in [6.07, 6.45) is 2.43. The van der Waals surface area contributed by atoms with Crippen molar-refractivity contribution in [2.24, 2.45) is 0 Å². The number of aryl methyl sites for hydroxylation is 1. The van der Waals surface area contributed by atoms with Gasteiger partial charge < -0.3 is 4.74 Å². The van der Waals surface area contributed by atoms with Gasteiger partial charge in [-0.15, -0.1) is 5.10 Å². The zero-order chi connectivity index (χ0) is 14.1. The highest BCUT2D eigenvalue weighted by atomic mass is 35.5. The van der Waals surface area contributed by atoms with Crippen LogP contribution >= 0.6 is 11.6 Å². The molecule has 0 radical (unpaired) electrons. The number of rotatable bonds is 3. The number of benzene rings is 1. The Bertz CT molecular complexity index is 648. The van der Waals surface area contributed by atoms with Crippen molar-refractivity contribution in [2.75, 3.05) is 6.61 Å². The van der Waals surface area contributed by atoms with Crippen LogP contribution in [0.4, 0.5) is 0 Å². The second-order valence-electron chi connectivity index (χ2n) is 4.82. The summed E-state index contributed by atoms with van der Waals surface area (Å²) in [5.74, 6) is 0. The minimum atomic E-state index is -0.136. The molecule has 1 aliphatic heterocycles. The summed E-state index contributed by atoms with van der Waals surface area (Å²) in [5.41, 5.74) is 2.87. The zero-order valence-corrected chi connectivity index (χ0v) is 11.8. The normalized spacial score (nSPS) is 18.4. The van der Waals surface area contributed by atoms with E-state index >= 15 is 0 Å². The standard InChI is InChI=1S/C14H14ClN3O2/c1-9-4-5-10(15)7-12(9)18-14(11(8-19)16-17-18)13-3-2-6-20-13/h4-5,7-8,13H,2-3,6H2,1H3. The van der Waals surface area contributed by atoms with E-state index in [4.69, 9.17) is 16.3 Å². The lowest BCUT2D eigenvalue weighted by molar-refractivity contribution is 0.102. The van der Waals surface area contributed by atoms with Gasteiger partial charge in [0.05, 0.1) is 5.69 Å². The molecule has 104 valence electrons. The Hall–Kier alpha value is -1.72. The minimum absolute atomic E-state index is 0.136. The smallest absolute Gasteiger partial charge is 0.172 e. The number of hydrogen-bond acceptors (Lipinski definition) is 4. The molecule has 20 heavy (non-hydrogen) atoms. The van der Waals surface area contributed by atoms with Gasteiger partial charge >= 0.3 is 0 Å². The molecular formula is C14H14ClN3O2. The van der Waals surface area contributed by atoms with Crippen LogP contribution in [0.3, 0.4) is 0 Å². The lowest BCUT2D eigenvalue weighted by Crippen LogP contribution is -2.10.